The average Bonchev–Trinajstić information content (AvgIpc) is 3.10. The van der Waals surface area contributed by atoms with Gasteiger partial charge in [0.2, 0.25) is 0 Å². The van der Waals surface area contributed by atoms with E-state index in [-0.39, 0.29) is 5.91 Å². The molecule has 0 radical (unpaired) electrons. The van der Waals surface area contributed by atoms with Crippen molar-refractivity contribution in [3.05, 3.63) is 83.6 Å². The van der Waals surface area contributed by atoms with Crippen LogP contribution < -0.4 is 0 Å². The molecule has 0 spiro atoms. The van der Waals surface area contributed by atoms with Crippen LogP contribution in [-0.4, -0.2) is 29.1 Å². The lowest BCUT2D eigenvalue weighted by molar-refractivity contribution is 0.0772. The Morgan fingerprint density at radius 1 is 1.00 bits per heavy atom. The molecule has 0 saturated carbocycles. The predicted molar refractivity (Wildman–Crippen MR) is 102 cm³/mol. The molecule has 0 aliphatic carbocycles. The van der Waals surface area contributed by atoms with Crippen LogP contribution in [0.5, 0.6) is 0 Å². The molecule has 0 saturated heterocycles. The van der Waals surface area contributed by atoms with E-state index in [0.29, 0.717) is 30.1 Å². The zero-order valence-electron chi connectivity index (χ0n) is 14.7. The fourth-order valence-electron chi connectivity index (χ4n) is 3.34. The normalized spacial score (nSPS) is 14.2. The smallest absolute Gasteiger partial charge is 0.260 e. The van der Waals surface area contributed by atoms with Crippen molar-refractivity contribution < 1.29 is 9.32 Å². The van der Waals surface area contributed by atoms with Crippen LogP contribution in [0.4, 0.5) is 0 Å². The van der Waals surface area contributed by atoms with E-state index in [1.807, 2.05) is 53.4 Å². The van der Waals surface area contributed by atoms with E-state index in [1.54, 1.807) is 6.92 Å². The van der Waals surface area contributed by atoms with E-state index in [4.69, 9.17) is 4.52 Å². The van der Waals surface area contributed by atoms with E-state index in [0.717, 1.165) is 12.0 Å². The third kappa shape index (κ3) is 3.06. The molecule has 1 aliphatic rings. The van der Waals surface area contributed by atoms with Gasteiger partial charge in [-0.15, -0.1) is 0 Å². The molecular weight excluding hydrogens is 324 g/mol. The summed E-state index contributed by atoms with van der Waals surface area (Å²) in [6.45, 7) is 3.09. The maximum Gasteiger partial charge on any atom is 0.260 e. The van der Waals surface area contributed by atoms with Gasteiger partial charge in [0.1, 0.15) is 17.0 Å². The molecule has 1 aromatic heterocycles. The highest BCUT2D eigenvalue weighted by Crippen LogP contribution is 2.28. The minimum absolute atomic E-state index is 0.0223. The SMILES string of the molecule is Cc1onc(-c2ccccc2)c1C(=O)N1CC=C(c2ccccc2)CC1. The van der Waals surface area contributed by atoms with Gasteiger partial charge in [-0.05, 0) is 24.5 Å². The van der Waals surface area contributed by atoms with Gasteiger partial charge < -0.3 is 9.42 Å². The van der Waals surface area contributed by atoms with Crippen LogP contribution in [0, 0.1) is 6.92 Å². The van der Waals surface area contributed by atoms with Crippen LogP contribution in [0.15, 0.2) is 71.3 Å². The molecule has 1 amide bonds. The number of hydrogen-bond donors (Lipinski definition) is 0. The Kier molecular flexibility index (Phi) is 4.40. The van der Waals surface area contributed by atoms with Crippen LogP contribution in [0.3, 0.4) is 0 Å². The third-order valence-electron chi connectivity index (χ3n) is 4.76. The zero-order chi connectivity index (χ0) is 17.9. The van der Waals surface area contributed by atoms with Gasteiger partial charge >= 0.3 is 0 Å². The number of nitrogens with zero attached hydrogens (tertiary/aromatic N) is 2. The highest BCUT2D eigenvalue weighted by molar-refractivity contribution is 6.01. The van der Waals surface area contributed by atoms with Gasteiger partial charge in [-0.1, -0.05) is 71.9 Å². The Bertz CT molecular complexity index is 943. The first-order chi connectivity index (χ1) is 12.7. The lowest BCUT2D eigenvalue weighted by Crippen LogP contribution is -2.35. The summed E-state index contributed by atoms with van der Waals surface area (Å²) in [7, 11) is 0. The molecule has 0 fully saturated rings. The topological polar surface area (TPSA) is 46.3 Å². The minimum Gasteiger partial charge on any atom is -0.360 e. The molecule has 3 aromatic rings. The van der Waals surface area contributed by atoms with Crippen molar-refractivity contribution in [3.63, 3.8) is 0 Å². The van der Waals surface area contributed by atoms with Crippen molar-refractivity contribution >= 4 is 11.5 Å². The summed E-state index contributed by atoms with van der Waals surface area (Å²) in [5, 5.41) is 4.13. The molecule has 130 valence electrons. The van der Waals surface area contributed by atoms with Crippen LogP contribution in [0.1, 0.15) is 28.1 Å². The summed E-state index contributed by atoms with van der Waals surface area (Å²) >= 11 is 0. The lowest BCUT2D eigenvalue weighted by Gasteiger charge is -2.26. The number of rotatable bonds is 3. The van der Waals surface area contributed by atoms with Gasteiger partial charge in [-0.25, -0.2) is 0 Å². The molecule has 4 heteroatoms. The fourth-order valence-corrected chi connectivity index (χ4v) is 3.34. The lowest BCUT2D eigenvalue weighted by atomic mass is 9.98. The van der Waals surface area contributed by atoms with Crippen molar-refractivity contribution in [1.82, 2.24) is 10.1 Å². The van der Waals surface area contributed by atoms with Crippen molar-refractivity contribution in [3.8, 4) is 11.3 Å². The summed E-state index contributed by atoms with van der Waals surface area (Å²) in [5.41, 5.74) is 4.59. The van der Waals surface area contributed by atoms with Gasteiger partial charge in [-0.2, -0.15) is 0 Å². The summed E-state index contributed by atoms with van der Waals surface area (Å²) in [4.78, 5) is 15.0. The second-order valence-corrected chi connectivity index (χ2v) is 6.42. The molecule has 26 heavy (non-hydrogen) atoms. The fraction of sp³-hybridized carbons (Fsp3) is 0.182. The standard InChI is InChI=1S/C22H20N2O2/c1-16-20(21(23-26-16)19-10-6-3-7-11-19)22(25)24-14-12-18(13-15-24)17-8-4-2-5-9-17/h2-12H,13-15H2,1H3. The minimum atomic E-state index is -0.0223. The molecular formula is C22H20N2O2. The molecule has 2 aromatic carbocycles. The molecule has 4 nitrogen and oxygen atoms in total. The Labute approximate surface area is 152 Å². The summed E-state index contributed by atoms with van der Waals surface area (Å²) < 4.78 is 5.34. The quantitative estimate of drug-likeness (QED) is 0.699. The van der Waals surface area contributed by atoms with Gasteiger partial charge in [0.25, 0.3) is 5.91 Å². The van der Waals surface area contributed by atoms with E-state index in [2.05, 4.69) is 23.4 Å². The average molecular weight is 344 g/mol. The highest BCUT2D eigenvalue weighted by Gasteiger charge is 2.27. The van der Waals surface area contributed by atoms with Crippen LogP contribution in [-0.2, 0) is 0 Å². The van der Waals surface area contributed by atoms with Crippen molar-refractivity contribution in [2.24, 2.45) is 0 Å². The molecule has 0 atom stereocenters. The molecule has 1 aliphatic heterocycles. The van der Waals surface area contributed by atoms with Gasteiger partial charge in [0.05, 0.1) is 0 Å². The van der Waals surface area contributed by atoms with Gasteiger partial charge in [0, 0.05) is 18.7 Å². The maximum atomic E-state index is 13.1. The van der Waals surface area contributed by atoms with Crippen LogP contribution >= 0.6 is 0 Å². The molecule has 0 bridgehead atoms. The molecule has 2 heterocycles. The van der Waals surface area contributed by atoms with E-state index < -0.39 is 0 Å². The summed E-state index contributed by atoms with van der Waals surface area (Å²) in [6.07, 6.45) is 2.99. The number of hydrogen-bond acceptors (Lipinski definition) is 3. The van der Waals surface area contributed by atoms with Crippen molar-refractivity contribution in [1.29, 1.82) is 0 Å². The Morgan fingerprint density at radius 3 is 2.27 bits per heavy atom. The highest BCUT2D eigenvalue weighted by atomic mass is 16.5. The number of carbonyl (C=O) groups excluding carboxylic acids is 1. The number of aromatic nitrogens is 1. The first-order valence-corrected chi connectivity index (χ1v) is 8.79. The summed E-state index contributed by atoms with van der Waals surface area (Å²) in [6, 6.07) is 20.0. The third-order valence-corrected chi connectivity index (χ3v) is 4.76. The number of carbonyl (C=O) groups is 1. The van der Waals surface area contributed by atoms with Crippen molar-refractivity contribution in [2.75, 3.05) is 13.1 Å². The van der Waals surface area contributed by atoms with Crippen LogP contribution in [0.25, 0.3) is 16.8 Å². The number of benzene rings is 2. The molecule has 0 N–H and O–H groups in total. The largest absolute Gasteiger partial charge is 0.360 e. The first-order valence-electron chi connectivity index (χ1n) is 8.79. The first kappa shape index (κ1) is 16.3. The Hall–Kier alpha value is -3.14. The second-order valence-electron chi connectivity index (χ2n) is 6.42. The van der Waals surface area contributed by atoms with E-state index in [9.17, 15) is 4.79 Å². The van der Waals surface area contributed by atoms with E-state index in [1.165, 1.54) is 11.1 Å². The zero-order valence-corrected chi connectivity index (χ0v) is 14.7. The predicted octanol–water partition coefficient (Wildman–Crippen LogP) is 4.58. The van der Waals surface area contributed by atoms with Crippen LogP contribution in [0.2, 0.25) is 0 Å². The monoisotopic (exact) mass is 344 g/mol. The maximum absolute atomic E-state index is 13.1. The Balaban J connectivity index is 1.58. The Morgan fingerprint density at radius 2 is 1.65 bits per heavy atom. The second kappa shape index (κ2) is 7.00. The summed E-state index contributed by atoms with van der Waals surface area (Å²) in [5.74, 6) is 0.539. The van der Waals surface area contributed by atoms with Crippen molar-refractivity contribution in [2.45, 2.75) is 13.3 Å². The molecule has 0 unspecified atom stereocenters. The number of aryl methyl sites for hydroxylation is 1. The van der Waals surface area contributed by atoms with E-state index >= 15 is 0 Å². The van der Waals surface area contributed by atoms with Gasteiger partial charge in [-0.3, -0.25) is 4.79 Å². The number of amides is 1. The van der Waals surface area contributed by atoms with Gasteiger partial charge in [0.15, 0.2) is 0 Å². The molecule has 4 rings (SSSR count).